The molecule has 1 amide bonds. The molecule has 216 valence electrons. The van der Waals surface area contributed by atoms with E-state index in [9.17, 15) is 10.1 Å². The molecular formula is C32H33ClN6O3. The molecule has 1 aliphatic rings. The third-order valence-corrected chi connectivity index (χ3v) is 7.32. The van der Waals surface area contributed by atoms with Crippen LogP contribution in [-0.2, 0) is 17.8 Å². The van der Waals surface area contributed by atoms with Crippen LogP contribution in [-0.4, -0.2) is 48.0 Å². The Labute approximate surface area is 250 Å². The van der Waals surface area contributed by atoms with E-state index in [4.69, 9.17) is 21.1 Å². The number of rotatable bonds is 10. The number of aromatic nitrogens is 2. The summed E-state index contributed by atoms with van der Waals surface area (Å²) in [6, 6.07) is 15.3. The van der Waals surface area contributed by atoms with E-state index < -0.39 is 0 Å². The maximum absolute atomic E-state index is 12.6. The number of aryl methyl sites for hydroxylation is 2. The summed E-state index contributed by atoms with van der Waals surface area (Å²) in [5, 5.41) is 17.3. The maximum Gasteiger partial charge on any atom is 0.224 e. The Morgan fingerprint density at radius 2 is 2.07 bits per heavy atom. The van der Waals surface area contributed by atoms with Gasteiger partial charge in [-0.1, -0.05) is 17.7 Å². The van der Waals surface area contributed by atoms with E-state index in [1.165, 1.54) is 6.20 Å². The fourth-order valence-electron chi connectivity index (χ4n) is 4.79. The van der Waals surface area contributed by atoms with Crippen molar-refractivity contribution >= 4 is 45.5 Å². The lowest BCUT2D eigenvalue weighted by Gasteiger charge is -2.17. The molecule has 0 fully saturated rings. The number of halogens is 1. The second kappa shape index (κ2) is 13.1. The third kappa shape index (κ3) is 6.90. The van der Waals surface area contributed by atoms with E-state index in [1.807, 2.05) is 56.3 Å². The summed E-state index contributed by atoms with van der Waals surface area (Å²) >= 11 is 6.60. The molecule has 2 aromatic heterocycles. The first kappa shape index (κ1) is 29.1. The Bertz CT molecular complexity index is 1670. The number of ether oxygens (including phenoxy) is 2. The smallest absolute Gasteiger partial charge is 0.224 e. The Morgan fingerprint density at radius 3 is 2.86 bits per heavy atom. The van der Waals surface area contributed by atoms with Gasteiger partial charge in [0.15, 0.2) is 0 Å². The number of pyridine rings is 2. The molecule has 2 aromatic carbocycles. The minimum Gasteiger partial charge on any atom is -0.486 e. The first-order chi connectivity index (χ1) is 20.3. The van der Waals surface area contributed by atoms with Crippen molar-refractivity contribution in [3.63, 3.8) is 0 Å². The fraction of sp³-hybridized carbons (Fsp3) is 0.312. The lowest BCUT2D eigenvalue weighted by molar-refractivity contribution is -0.116. The zero-order valence-corrected chi connectivity index (χ0v) is 24.7. The van der Waals surface area contributed by atoms with Crippen molar-refractivity contribution in [3.05, 3.63) is 76.1 Å². The van der Waals surface area contributed by atoms with Crippen LogP contribution in [0.1, 0.15) is 41.6 Å². The summed E-state index contributed by atoms with van der Waals surface area (Å²) in [7, 11) is 3.97. The first-order valence-corrected chi connectivity index (χ1v) is 14.3. The van der Waals surface area contributed by atoms with Crippen LogP contribution in [0.25, 0.3) is 10.9 Å². The summed E-state index contributed by atoms with van der Waals surface area (Å²) in [6.45, 7) is 3.68. The highest BCUT2D eigenvalue weighted by atomic mass is 35.5. The van der Waals surface area contributed by atoms with E-state index in [1.54, 1.807) is 12.1 Å². The van der Waals surface area contributed by atoms with Gasteiger partial charge in [-0.15, -0.1) is 0 Å². The summed E-state index contributed by atoms with van der Waals surface area (Å²) < 4.78 is 11.6. The van der Waals surface area contributed by atoms with Crippen LogP contribution >= 0.6 is 11.6 Å². The van der Waals surface area contributed by atoms with Gasteiger partial charge >= 0.3 is 0 Å². The molecule has 2 N–H and O–H groups in total. The molecule has 0 spiro atoms. The predicted molar refractivity (Wildman–Crippen MR) is 165 cm³/mol. The maximum atomic E-state index is 12.6. The van der Waals surface area contributed by atoms with Crippen LogP contribution in [0.5, 0.6) is 11.6 Å². The molecule has 0 bridgehead atoms. The molecule has 4 aromatic rings. The topological polar surface area (TPSA) is 112 Å². The molecule has 0 saturated carbocycles. The van der Waals surface area contributed by atoms with E-state index in [0.29, 0.717) is 63.2 Å². The van der Waals surface area contributed by atoms with Gasteiger partial charge < -0.3 is 25.0 Å². The minimum atomic E-state index is -0.0568. The number of nitrogens with zero attached hydrogens (tertiary/aromatic N) is 4. The van der Waals surface area contributed by atoms with E-state index in [2.05, 4.69) is 26.7 Å². The van der Waals surface area contributed by atoms with E-state index >= 15 is 0 Å². The monoisotopic (exact) mass is 584 g/mol. The predicted octanol–water partition coefficient (Wildman–Crippen LogP) is 6.39. The van der Waals surface area contributed by atoms with Crippen molar-refractivity contribution in [3.8, 4) is 17.7 Å². The number of hydrogen-bond donors (Lipinski definition) is 2. The minimum absolute atomic E-state index is 0.0568. The second-order valence-corrected chi connectivity index (χ2v) is 11.0. The van der Waals surface area contributed by atoms with E-state index in [-0.39, 0.29) is 12.5 Å². The Hall–Kier alpha value is -4.39. The zero-order chi connectivity index (χ0) is 29.6. The average molecular weight is 585 g/mol. The Balaban J connectivity index is 1.34. The summed E-state index contributed by atoms with van der Waals surface area (Å²) in [5.74, 6) is 1.13. The van der Waals surface area contributed by atoms with Gasteiger partial charge in [-0.3, -0.25) is 9.78 Å². The summed E-state index contributed by atoms with van der Waals surface area (Å²) in [6.07, 6.45) is 4.69. The summed E-state index contributed by atoms with van der Waals surface area (Å²) in [4.78, 5) is 23.7. The quantitative estimate of drug-likeness (QED) is 0.220. The number of fused-ring (bicyclic) bond motifs is 2. The van der Waals surface area contributed by atoms with Crippen molar-refractivity contribution in [1.29, 1.82) is 5.26 Å². The largest absolute Gasteiger partial charge is 0.486 e. The highest BCUT2D eigenvalue weighted by Gasteiger charge is 2.16. The van der Waals surface area contributed by atoms with Crippen molar-refractivity contribution in [2.45, 2.75) is 39.2 Å². The normalized spacial score (nSPS) is 12.4. The van der Waals surface area contributed by atoms with Crippen molar-refractivity contribution in [2.24, 2.45) is 0 Å². The molecule has 5 rings (SSSR count). The fourth-order valence-corrected chi connectivity index (χ4v) is 5.03. The second-order valence-electron chi connectivity index (χ2n) is 10.6. The SMILES string of the molecule is Cc1cc2ncc(C#N)c(Nc3ccc(OCc4ccc5c(n4)OCCC5)c(Cl)c3)c2cc1NC(=O)CCCN(C)C. The van der Waals surface area contributed by atoms with Gasteiger partial charge in [0.05, 0.1) is 34.1 Å². The van der Waals surface area contributed by atoms with Gasteiger partial charge in [0.1, 0.15) is 18.4 Å². The molecule has 0 atom stereocenters. The van der Waals surface area contributed by atoms with Crippen molar-refractivity contribution in [1.82, 2.24) is 14.9 Å². The van der Waals surface area contributed by atoms with Crippen LogP contribution in [0, 0.1) is 18.3 Å². The van der Waals surface area contributed by atoms with Crippen LogP contribution in [0.4, 0.5) is 17.1 Å². The molecule has 9 nitrogen and oxygen atoms in total. The average Bonchev–Trinajstić information content (AvgIpc) is 2.97. The Morgan fingerprint density at radius 1 is 1.21 bits per heavy atom. The first-order valence-electron chi connectivity index (χ1n) is 13.9. The number of nitrogens with one attached hydrogen (secondary N) is 2. The molecule has 0 unspecified atom stereocenters. The third-order valence-electron chi connectivity index (χ3n) is 7.02. The van der Waals surface area contributed by atoms with Crippen LogP contribution in [0.3, 0.4) is 0 Å². The van der Waals surface area contributed by atoms with Crippen molar-refractivity contribution < 1.29 is 14.3 Å². The van der Waals surface area contributed by atoms with Gasteiger partial charge in [-0.2, -0.15) is 5.26 Å². The standard InChI is InChI=1S/C32H33ClN6O3/c1-20-14-28-25(16-27(20)38-30(40)7-4-12-39(2)3)31(22(17-34)18-35-28)36-23-10-11-29(26(33)15-23)42-19-24-9-8-21-6-5-13-41-32(21)37-24/h8-11,14-16,18H,4-7,12-13,19H2,1-3H3,(H,35,36)(H,38,40). The molecular weight excluding hydrogens is 552 g/mol. The highest BCUT2D eigenvalue weighted by molar-refractivity contribution is 6.32. The van der Waals surface area contributed by atoms with Gasteiger partial charge in [0.25, 0.3) is 0 Å². The molecule has 3 heterocycles. The van der Waals surface area contributed by atoms with Crippen LogP contribution in [0.2, 0.25) is 5.02 Å². The number of carbonyl (C=O) groups excluding carboxylic acids is 1. The van der Waals surface area contributed by atoms with Gasteiger partial charge in [-0.05, 0) is 88.8 Å². The molecule has 0 aliphatic carbocycles. The molecule has 0 saturated heterocycles. The van der Waals surface area contributed by atoms with Crippen molar-refractivity contribution in [2.75, 3.05) is 37.9 Å². The number of nitriles is 1. The van der Waals surface area contributed by atoms with Crippen LogP contribution < -0.4 is 20.1 Å². The van der Waals surface area contributed by atoms with Gasteiger partial charge in [0, 0.05) is 34.9 Å². The highest BCUT2D eigenvalue weighted by Crippen LogP contribution is 2.35. The number of amides is 1. The molecule has 1 aliphatic heterocycles. The van der Waals surface area contributed by atoms with Gasteiger partial charge in [-0.25, -0.2) is 4.98 Å². The zero-order valence-electron chi connectivity index (χ0n) is 24.0. The summed E-state index contributed by atoms with van der Waals surface area (Å²) in [5.41, 5.74) is 5.76. The Kier molecular flexibility index (Phi) is 9.06. The number of hydrogen-bond acceptors (Lipinski definition) is 8. The molecule has 42 heavy (non-hydrogen) atoms. The van der Waals surface area contributed by atoms with Crippen LogP contribution in [0.15, 0.2) is 48.7 Å². The number of benzene rings is 2. The molecule has 10 heteroatoms. The lowest BCUT2D eigenvalue weighted by atomic mass is 10.0. The number of anilines is 3. The lowest BCUT2D eigenvalue weighted by Crippen LogP contribution is -2.17. The van der Waals surface area contributed by atoms with Gasteiger partial charge in [0.2, 0.25) is 11.8 Å². The van der Waals surface area contributed by atoms with E-state index in [0.717, 1.165) is 42.6 Å². The number of carbonyl (C=O) groups is 1. The molecule has 0 radical (unpaired) electrons.